The number of aryl methyl sites for hydroxylation is 2. The van der Waals surface area contributed by atoms with Gasteiger partial charge in [-0.15, -0.1) is 0 Å². The van der Waals surface area contributed by atoms with Crippen molar-refractivity contribution in [3.63, 3.8) is 0 Å². The first kappa shape index (κ1) is 13.7. The summed E-state index contributed by atoms with van der Waals surface area (Å²) >= 11 is 2.25. The second kappa shape index (κ2) is 5.25. The number of rotatable bonds is 3. The van der Waals surface area contributed by atoms with Gasteiger partial charge < -0.3 is 0 Å². The van der Waals surface area contributed by atoms with E-state index in [2.05, 4.69) is 54.6 Å². The van der Waals surface area contributed by atoms with E-state index in [0.29, 0.717) is 0 Å². The number of halogens is 1. The second-order valence-corrected chi connectivity index (χ2v) is 6.39. The van der Waals surface area contributed by atoms with Crippen LogP contribution in [0.25, 0.3) is 22.2 Å². The molecule has 0 bridgehead atoms. The summed E-state index contributed by atoms with van der Waals surface area (Å²) in [6.45, 7) is 4.05. The van der Waals surface area contributed by atoms with Crippen molar-refractivity contribution in [3.05, 3.63) is 41.2 Å². The fourth-order valence-corrected chi connectivity index (χ4v) is 3.99. The SMILES string of the molecule is Cc1cc(C)c2c(c(-c3ccn[nH]3)cn2SI)c1C=O. The zero-order valence-electron chi connectivity index (χ0n) is 11.0. The minimum atomic E-state index is 0.749. The maximum Gasteiger partial charge on any atom is 0.151 e. The molecule has 1 N–H and O–H groups in total. The predicted molar refractivity (Wildman–Crippen MR) is 91.4 cm³/mol. The van der Waals surface area contributed by atoms with E-state index in [1.54, 1.807) is 15.3 Å². The number of carbonyl (C=O) groups excluding carboxylic acids is 1. The van der Waals surface area contributed by atoms with E-state index in [0.717, 1.165) is 45.1 Å². The Morgan fingerprint density at radius 1 is 1.40 bits per heavy atom. The number of fused-ring (bicyclic) bond motifs is 1. The normalized spacial score (nSPS) is 11.2. The molecule has 6 heteroatoms. The molecular formula is C14H12IN3OS. The van der Waals surface area contributed by atoms with Gasteiger partial charge in [0.15, 0.2) is 6.29 Å². The molecule has 0 atom stereocenters. The van der Waals surface area contributed by atoms with Gasteiger partial charge in [0.2, 0.25) is 0 Å². The van der Waals surface area contributed by atoms with Crippen LogP contribution in [0.2, 0.25) is 0 Å². The van der Waals surface area contributed by atoms with Gasteiger partial charge in [-0.25, -0.2) is 0 Å². The monoisotopic (exact) mass is 397 g/mol. The zero-order valence-corrected chi connectivity index (χ0v) is 13.9. The van der Waals surface area contributed by atoms with Crippen LogP contribution < -0.4 is 0 Å². The average Bonchev–Trinajstić information content (AvgIpc) is 3.05. The van der Waals surface area contributed by atoms with Gasteiger partial charge >= 0.3 is 0 Å². The number of H-pyrrole nitrogens is 1. The number of carbonyl (C=O) groups is 1. The Kier molecular flexibility index (Phi) is 3.59. The standard InChI is InChI=1S/C14H12IN3OS/c1-8-5-9(2)14-13(11(8)7-19)10(6-18(14)20-15)12-3-4-16-17-12/h3-7H,1-2H3,(H,16,17). The predicted octanol–water partition coefficient (Wildman–Crippen LogP) is 4.31. The lowest BCUT2D eigenvalue weighted by Gasteiger charge is -2.07. The Bertz CT molecular complexity index is 793. The molecule has 0 spiro atoms. The van der Waals surface area contributed by atoms with E-state index in [1.807, 2.05) is 13.0 Å². The molecule has 2 aromatic heterocycles. The third kappa shape index (κ3) is 1.98. The van der Waals surface area contributed by atoms with Crippen molar-refractivity contribution in [2.24, 2.45) is 0 Å². The fourth-order valence-electron chi connectivity index (χ4n) is 2.61. The van der Waals surface area contributed by atoms with Crippen molar-refractivity contribution in [1.82, 2.24) is 14.2 Å². The molecule has 0 aliphatic rings. The molecule has 0 aliphatic heterocycles. The van der Waals surface area contributed by atoms with Crippen LogP contribution in [-0.2, 0) is 0 Å². The molecule has 0 saturated carbocycles. The molecule has 3 rings (SSSR count). The van der Waals surface area contributed by atoms with E-state index in [-0.39, 0.29) is 0 Å². The summed E-state index contributed by atoms with van der Waals surface area (Å²) in [7, 11) is 1.59. The first-order chi connectivity index (χ1) is 9.67. The average molecular weight is 397 g/mol. The number of benzene rings is 1. The van der Waals surface area contributed by atoms with Gasteiger partial charge in [-0.3, -0.25) is 13.9 Å². The third-order valence-corrected chi connectivity index (χ3v) is 5.17. The van der Waals surface area contributed by atoms with Crippen LogP contribution in [-0.4, -0.2) is 20.5 Å². The lowest BCUT2D eigenvalue weighted by molar-refractivity contribution is 0.112. The zero-order chi connectivity index (χ0) is 14.3. The van der Waals surface area contributed by atoms with Crippen LogP contribution in [0.4, 0.5) is 0 Å². The van der Waals surface area contributed by atoms with Gasteiger partial charge in [0, 0.05) is 59.2 Å². The van der Waals surface area contributed by atoms with Gasteiger partial charge in [-0.1, -0.05) is 6.07 Å². The van der Waals surface area contributed by atoms with Gasteiger partial charge in [0.05, 0.1) is 11.2 Å². The number of aromatic nitrogens is 3. The number of aldehydes is 1. The van der Waals surface area contributed by atoms with Gasteiger partial charge in [-0.05, 0) is 31.0 Å². The molecule has 102 valence electrons. The Labute approximate surface area is 132 Å². The Morgan fingerprint density at radius 3 is 2.80 bits per heavy atom. The van der Waals surface area contributed by atoms with Crippen LogP contribution in [0.15, 0.2) is 24.5 Å². The molecular weight excluding hydrogens is 385 g/mol. The highest BCUT2D eigenvalue weighted by Gasteiger charge is 2.18. The molecule has 1 aromatic carbocycles. The van der Waals surface area contributed by atoms with Crippen LogP contribution in [0.5, 0.6) is 0 Å². The largest absolute Gasteiger partial charge is 0.298 e. The molecule has 3 aromatic rings. The molecule has 0 saturated heterocycles. The Morgan fingerprint density at radius 2 is 2.20 bits per heavy atom. The third-order valence-electron chi connectivity index (χ3n) is 3.46. The van der Waals surface area contributed by atoms with E-state index < -0.39 is 0 Å². The van der Waals surface area contributed by atoms with Crippen molar-refractivity contribution >= 4 is 47.5 Å². The summed E-state index contributed by atoms with van der Waals surface area (Å²) in [4.78, 5) is 11.5. The summed E-state index contributed by atoms with van der Waals surface area (Å²) in [6.07, 6.45) is 4.72. The minimum Gasteiger partial charge on any atom is -0.298 e. The molecule has 0 radical (unpaired) electrons. The molecule has 4 nitrogen and oxygen atoms in total. The summed E-state index contributed by atoms with van der Waals surface area (Å²) in [5.74, 6) is 0. The van der Waals surface area contributed by atoms with Gasteiger partial charge in [0.25, 0.3) is 0 Å². The van der Waals surface area contributed by atoms with Crippen molar-refractivity contribution < 1.29 is 4.79 Å². The quantitative estimate of drug-likeness (QED) is 0.530. The van der Waals surface area contributed by atoms with Gasteiger partial charge in [0.1, 0.15) is 0 Å². The molecule has 20 heavy (non-hydrogen) atoms. The maximum atomic E-state index is 11.5. The molecule has 0 unspecified atom stereocenters. The summed E-state index contributed by atoms with van der Waals surface area (Å²) < 4.78 is 2.09. The number of nitrogens with one attached hydrogen (secondary N) is 1. The number of hydrogen-bond acceptors (Lipinski definition) is 3. The van der Waals surface area contributed by atoms with Crippen molar-refractivity contribution in [3.8, 4) is 11.3 Å². The number of hydrogen-bond donors (Lipinski definition) is 1. The summed E-state index contributed by atoms with van der Waals surface area (Å²) in [5.41, 5.74) is 5.93. The van der Waals surface area contributed by atoms with Crippen molar-refractivity contribution in [2.45, 2.75) is 13.8 Å². The summed E-state index contributed by atoms with van der Waals surface area (Å²) in [6, 6.07) is 3.98. The van der Waals surface area contributed by atoms with Crippen molar-refractivity contribution in [1.29, 1.82) is 0 Å². The minimum absolute atomic E-state index is 0.749. The second-order valence-electron chi connectivity index (χ2n) is 4.67. The molecule has 0 fully saturated rings. The highest BCUT2D eigenvalue weighted by atomic mass is 127. The first-order valence-corrected chi connectivity index (χ1v) is 9.38. The Balaban J connectivity index is 2.50. The molecule has 0 amide bonds. The maximum absolute atomic E-state index is 11.5. The lowest BCUT2D eigenvalue weighted by Crippen LogP contribution is -1.93. The number of nitrogens with zero attached hydrogens (tertiary/aromatic N) is 2. The van der Waals surface area contributed by atoms with Crippen LogP contribution in [0.1, 0.15) is 21.5 Å². The van der Waals surface area contributed by atoms with E-state index in [9.17, 15) is 4.79 Å². The first-order valence-electron chi connectivity index (χ1n) is 6.06. The van der Waals surface area contributed by atoms with Crippen LogP contribution in [0, 0.1) is 13.8 Å². The van der Waals surface area contributed by atoms with E-state index in [4.69, 9.17) is 0 Å². The van der Waals surface area contributed by atoms with Crippen LogP contribution in [0.3, 0.4) is 0 Å². The highest BCUT2D eigenvalue weighted by molar-refractivity contribution is 14.2. The number of aromatic amines is 1. The summed E-state index contributed by atoms with van der Waals surface area (Å²) in [5, 5.41) is 7.98. The van der Waals surface area contributed by atoms with Gasteiger partial charge in [-0.2, -0.15) is 5.10 Å². The Hall–Kier alpha value is -1.28. The van der Waals surface area contributed by atoms with E-state index >= 15 is 0 Å². The smallest absolute Gasteiger partial charge is 0.151 e. The lowest BCUT2D eigenvalue weighted by atomic mass is 9.98. The topological polar surface area (TPSA) is 50.7 Å². The fraction of sp³-hybridized carbons (Fsp3) is 0.143. The molecule has 2 heterocycles. The molecule has 0 aliphatic carbocycles. The van der Waals surface area contributed by atoms with Crippen molar-refractivity contribution in [2.75, 3.05) is 0 Å². The van der Waals surface area contributed by atoms with E-state index in [1.165, 1.54) is 0 Å². The highest BCUT2D eigenvalue weighted by Crippen LogP contribution is 2.38. The van der Waals surface area contributed by atoms with Crippen LogP contribution >= 0.6 is 30.3 Å².